The summed E-state index contributed by atoms with van der Waals surface area (Å²) in [4.78, 5) is 40.7. The molecule has 0 radical (unpaired) electrons. The Hall–Kier alpha value is -3.07. The van der Waals surface area contributed by atoms with E-state index in [-0.39, 0.29) is 29.4 Å². The van der Waals surface area contributed by atoms with Crippen molar-refractivity contribution >= 4 is 17.5 Å². The van der Waals surface area contributed by atoms with Crippen LogP contribution in [-0.4, -0.2) is 42.1 Å². The number of hydrogen-bond acceptors (Lipinski definition) is 4. The van der Waals surface area contributed by atoms with Gasteiger partial charge in [0, 0.05) is 43.8 Å². The van der Waals surface area contributed by atoms with Gasteiger partial charge in [-0.1, -0.05) is 26.8 Å². The van der Waals surface area contributed by atoms with Crippen molar-refractivity contribution in [1.29, 1.82) is 0 Å². The summed E-state index contributed by atoms with van der Waals surface area (Å²) in [6.45, 7) is 7.70. The van der Waals surface area contributed by atoms with E-state index >= 15 is 0 Å². The van der Waals surface area contributed by atoms with Gasteiger partial charge in [0.15, 0.2) is 0 Å². The van der Waals surface area contributed by atoms with E-state index in [4.69, 9.17) is 0 Å². The maximum Gasteiger partial charge on any atom is 0.254 e. The van der Waals surface area contributed by atoms with Gasteiger partial charge in [-0.15, -0.1) is 0 Å². The Morgan fingerprint density at radius 3 is 2.41 bits per heavy atom. The second-order valence-electron chi connectivity index (χ2n) is 9.84. The Balaban J connectivity index is 1.98. The van der Waals surface area contributed by atoms with Crippen molar-refractivity contribution in [3.05, 3.63) is 63.1 Å². The lowest BCUT2D eigenvalue weighted by Crippen LogP contribution is -2.57. The highest BCUT2D eigenvalue weighted by Crippen LogP contribution is 2.31. The number of amides is 2. The van der Waals surface area contributed by atoms with Crippen LogP contribution in [0.3, 0.4) is 0 Å². The summed E-state index contributed by atoms with van der Waals surface area (Å²) in [5.74, 6) is -1.99. The molecule has 3 rings (SSSR count). The number of likely N-dealkylation sites (N-methyl/N-ethyl adjacent to an activating group) is 1. The predicted octanol–water partition coefficient (Wildman–Crippen LogP) is 2.28. The minimum absolute atomic E-state index is 0.0345. The first-order chi connectivity index (χ1) is 15.8. The van der Waals surface area contributed by atoms with Gasteiger partial charge in [-0.2, -0.15) is 0 Å². The van der Waals surface area contributed by atoms with Crippen LogP contribution >= 0.6 is 0 Å². The number of fused-ring (bicyclic) bond motifs is 1. The molecule has 0 spiro atoms. The predicted molar refractivity (Wildman–Crippen MR) is 127 cm³/mol. The topological polar surface area (TPSA) is 83.4 Å². The fraction of sp³-hybridized carbons (Fsp3) is 0.480. The molecule has 2 amide bonds. The molecule has 34 heavy (non-hydrogen) atoms. The first kappa shape index (κ1) is 25.6. The fourth-order valence-corrected chi connectivity index (χ4v) is 4.12. The highest BCUT2D eigenvalue weighted by atomic mass is 19.1. The van der Waals surface area contributed by atoms with Crippen LogP contribution in [0.2, 0.25) is 0 Å². The number of aromatic nitrogens is 1. The summed E-state index contributed by atoms with van der Waals surface area (Å²) in [5.41, 5.74) is 0.894. The first-order valence-electron chi connectivity index (χ1n) is 11.3. The van der Waals surface area contributed by atoms with Crippen molar-refractivity contribution in [2.45, 2.75) is 52.6 Å². The number of anilines is 1. The minimum atomic E-state index is -0.794. The molecular weight excluding hydrogens is 442 g/mol. The van der Waals surface area contributed by atoms with E-state index in [1.54, 1.807) is 32.0 Å². The fourth-order valence-electron chi connectivity index (χ4n) is 4.12. The van der Waals surface area contributed by atoms with Gasteiger partial charge >= 0.3 is 0 Å². The van der Waals surface area contributed by atoms with Gasteiger partial charge in [0.25, 0.3) is 5.56 Å². The molecule has 7 nitrogen and oxygen atoms in total. The molecule has 0 saturated carbocycles. The highest BCUT2D eigenvalue weighted by Gasteiger charge is 2.39. The number of halogens is 2. The standard InChI is InChI=1S/C25H32F2N4O3/c1-14(28-5)22(32)29-21(25(2,3)4)24(34)31-10-9-19-20(31)12-16(23(33)30(19)6)11-15-7-8-17(26)13-18(15)27/h7-8,12-14,21,28H,9-11H2,1-6H3,(H,29,32)/t14-,21+/m0/s1. The zero-order valence-corrected chi connectivity index (χ0v) is 20.5. The molecule has 2 atom stereocenters. The second kappa shape index (κ2) is 9.66. The smallest absolute Gasteiger partial charge is 0.254 e. The number of benzene rings is 1. The summed E-state index contributed by atoms with van der Waals surface area (Å²) in [7, 11) is 3.29. The van der Waals surface area contributed by atoms with Crippen molar-refractivity contribution in [3.8, 4) is 0 Å². The van der Waals surface area contributed by atoms with Gasteiger partial charge in [-0.3, -0.25) is 14.4 Å². The van der Waals surface area contributed by atoms with E-state index in [0.29, 0.717) is 29.9 Å². The maximum absolute atomic E-state index is 14.2. The number of rotatable bonds is 6. The van der Waals surface area contributed by atoms with Crippen LogP contribution in [0, 0.1) is 17.0 Å². The molecule has 184 valence electrons. The molecule has 0 fully saturated rings. The van der Waals surface area contributed by atoms with Crippen LogP contribution in [0.5, 0.6) is 0 Å². The van der Waals surface area contributed by atoms with Crippen LogP contribution in [0.1, 0.15) is 44.5 Å². The van der Waals surface area contributed by atoms with E-state index < -0.39 is 29.1 Å². The van der Waals surface area contributed by atoms with Crippen molar-refractivity contribution in [1.82, 2.24) is 15.2 Å². The van der Waals surface area contributed by atoms with E-state index in [9.17, 15) is 23.2 Å². The molecule has 0 unspecified atom stereocenters. The van der Waals surface area contributed by atoms with Crippen LogP contribution in [0.25, 0.3) is 0 Å². The number of nitrogens with zero attached hydrogens (tertiary/aromatic N) is 2. The van der Waals surface area contributed by atoms with E-state index in [2.05, 4.69) is 10.6 Å². The second-order valence-corrected chi connectivity index (χ2v) is 9.84. The molecular formula is C25H32F2N4O3. The summed E-state index contributed by atoms with van der Waals surface area (Å²) >= 11 is 0. The third kappa shape index (κ3) is 5.04. The van der Waals surface area contributed by atoms with E-state index in [0.717, 1.165) is 12.1 Å². The first-order valence-corrected chi connectivity index (χ1v) is 11.3. The molecule has 0 saturated heterocycles. The Labute approximate surface area is 198 Å². The van der Waals surface area contributed by atoms with Gasteiger partial charge in [0.2, 0.25) is 11.8 Å². The highest BCUT2D eigenvalue weighted by molar-refractivity contribution is 6.01. The normalized spacial score (nSPS) is 15.1. The minimum Gasteiger partial charge on any atom is -0.342 e. The number of carbonyl (C=O) groups excluding carboxylic acids is 2. The molecule has 1 aromatic carbocycles. The third-order valence-electron chi connectivity index (χ3n) is 6.34. The number of carbonyl (C=O) groups is 2. The molecule has 2 heterocycles. The average molecular weight is 475 g/mol. The van der Waals surface area contributed by atoms with Gasteiger partial charge in [-0.25, -0.2) is 8.78 Å². The molecule has 1 aromatic heterocycles. The lowest BCUT2D eigenvalue weighted by molar-refractivity contribution is -0.130. The van der Waals surface area contributed by atoms with Gasteiger partial charge < -0.3 is 20.1 Å². The van der Waals surface area contributed by atoms with Crippen molar-refractivity contribution in [3.63, 3.8) is 0 Å². The summed E-state index contributed by atoms with van der Waals surface area (Å²) in [6.07, 6.45) is 0.447. The number of pyridine rings is 1. The van der Waals surface area contributed by atoms with Gasteiger partial charge in [0.1, 0.15) is 17.7 Å². The van der Waals surface area contributed by atoms with Crippen molar-refractivity contribution in [2.24, 2.45) is 12.5 Å². The summed E-state index contributed by atoms with van der Waals surface area (Å²) in [5, 5.41) is 5.73. The Morgan fingerprint density at radius 2 is 1.82 bits per heavy atom. The monoisotopic (exact) mass is 474 g/mol. The molecule has 0 aliphatic carbocycles. The quantitative estimate of drug-likeness (QED) is 0.673. The SMILES string of the molecule is CN[C@@H](C)C(=O)N[C@H](C(=O)N1CCc2c1cc(Cc1ccc(F)cc1F)c(=O)n2C)C(C)(C)C. The van der Waals surface area contributed by atoms with Crippen molar-refractivity contribution < 1.29 is 18.4 Å². The van der Waals surface area contributed by atoms with Crippen LogP contribution in [-0.2, 0) is 29.5 Å². The molecule has 0 bridgehead atoms. The van der Waals surface area contributed by atoms with E-state index in [1.165, 1.54) is 10.6 Å². The molecule has 9 heteroatoms. The lowest BCUT2D eigenvalue weighted by Gasteiger charge is -2.34. The van der Waals surface area contributed by atoms with Crippen LogP contribution in [0.15, 0.2) is 29.1 Å². The van der Waals surface area contributed by atoms with Crippen LogP contribution in [0.4, 0.5) is 14.5 Å². The van der Waals surface area contributed by atoms with E-state index in [1.807, 2.05) is 20.8 Å². The summed E-state index contributed by atoms with van der Waals surface area (Å²) < 4.78 is 29.0. The number of hydrogen-bond donors (Lipinski definition) is 2. The Kier molecular flexibility index (Phi) is 7.26. The molecule has 1 aliphatic rings. The average Bonchev–Trinajstić information content (AvgIpc) is 3.19. The number of nitrogens with one attached hydrogen (secondary N) is 2. The Bertz CT molecular complexity index is 1170. The maximum atomic E-state index is 14.2. The van der Waals surface area contributed by atoms with Gasteiger partial charge in [-0.05, 0) is 37.1 Å². The molecule has 2 aromatic rings. The zero-order valence-electron chi connectivity index (χ0n) is 20.5. The van der Waals surface area contributed by atoms with Crippen molar-refractivity contribution in [2.75, 3.05) is 18.5 Å². The van der Waals surface area contributed by atoms with Gasteiger partial charge in [0.05, 0.1) is 11.7 Å². The Morgan fingerprint density at radius 1 is 1.15 bits per heavy atom. The zero-order chi connectivity index (χ0) is 25.4. The van der Waals surface area contributed by atoms with Crippen LogP contribution < -0.4 is 21.1 Å². The third-order valence-corrected chi connectivity index (χ3v) is 6.34. The summed E-state index contributed by atoms with van der Waals surface area (Å²) in [6, 6.07) is 3.59. The largest absolute Gasteiger partial charge is 0.342 e. The lowest BCUT2D eigenvalue weighted by atomic mass is 9.85. The molecule has 2 N–H and O–H groups in total. The molecule has 1 aliphatic heterocycles.